The van der Waals surface area contributed by atoms with Crippen molar-refractivity contribution in [1.29, 1.82) is 0 Å². The first kappa shape index (κ1) is 11.4. The topological polar surface area (TPSA) is 32.7 Å². The van der Waals surface area contributed by atoms with Crippen molar-refractivity contribution in [2.24, 2.45) is 0 Å². The van der Waals surface area contributed by atoms with E-state index in [0.29, 0.717) is 11.7 Å². The summed E-state index contributed by atoms with van der Waals surface area (Å²) >= 11 is 0. The van der Waals surface area contributed by atoms with Gasteiger partial charge in [-0.15, -0.1) is 0 Å². The summed E-state index contributed by atoms with van der Waals surface area (Å²) in [7, 11) is 0. The minimum Gasteiger partial charge on any atom is -0.508 e. The molecule has 1 N–H and O–H groups in total. The van der Waals surface area contributed by atoms with E-state index < -0.39 is 0 Å². The molecular formula is C13H19NO2. The Bertz CT molecular complexity index is 334. The lowest BCUT2D eigenvalue weighted by molar-refractivity contribution is 0.0357. The first-order chi connectivity index (χ1) is 7.75. The van der Waals surface area contributed by atoms with E-state index in [9.17, 15) is 5.11 Å². The van der Waals surface area contributed by atoms with Crippen LogP contribution in [0.2, 0.25) is 0 Å². The Morgan fingerprint density at radius 1 is 1.38 bits per heavy atom. The minimum absolute atomic E-state index is 0.353. The number of benzene rings is 1. The van der Waals surface area contributed by atoms with E-state index in [2.05, 4.69) is 17.9 Å². The second-order valence-corrected chi connectivity index (χ2v) is 4.41. The number of morpholine rings is 1. The molecule has 3 nitrogen and oxygen atoms in total. The Hall–Kier alpha value is -1.06. The highest BCUT2D eigenvalue weighted by Crippen LogP contribution is 2.20. The summed E-state index contributed by atoms with van der Waals surface area (Å²) in [6, 6.07) is 7.54. The number of rotatable bonds is 3. The fourth-order valence-electron chi connectivity index (χ4n) is 2.11. The fraction of sp³-hybridized carbons (Fsp3) is 0.538. The van der Waals surface area contributed by atoms with Crippen molar-refractivity contribution in [3.05, 3.63) is 29.8 Å². The molecule has 1 fully saturated rings. The lowest BCUT2D eigenvalue weighted by Crippen LogP contribution is -2.38. The third kappa shape index (κ3) is 2.97. The third-order valence-electron chi connectivity index (χ3n) is 3.08. The SMILES string of the molecule is CC(CN1CCOCC1)c1cccc(O)c1. The Kier molecular flexibility index (Phi) is 3.80. The highest BCUT2D eigenvalue weighted by atomic mass is 16.5. The minimum atomic E-state index is 0.353. The van der Waals surface area contributed by atoms with Crippen molar-refractivity contribution in [2.45, 2.75) is 12.8 Å². The van der Waals surface area contributed by atoms with Gasteiger partial charge >= 0.3 is 0 Å². The fourth-order valence-corrected chi connectivity index (χ4v) is 2.11. The Balaban J connectivity index is 1.94. The molecule has 0 spiro atoms. The zero-order valence-electron chi connectivity index (χ0n) is 9.72. The molecule has 0 aromatic heterocycles. The molecule has 0 amide bonds. The van der Waals surface area contributed by atoms with Crippen LogP contribution in [0.5, 0.6) is 5.75 Å². The van der Waals surface area contributed by atoms with Crippen molar-refractivity contribution < 1.29 is 9.84 Å². The van der Waals surface area contributed by atoms with Gasteiger partial charge in [-0.3, -0.25) is 4.90 Å². The van der Waals surface area contributed by atoms with Crippen LogP contribution < -0.4 is 0 Å². The molecule has 2 rings (SSSR count). The maximum absolute atomic E-state index is 9.43. The van der Waals surface area contributed by atoms with Crippen molar-refractivity contribution >= 4 is 0 Å². The van der Waals surface area contributed by atoms with Crippen LogP contribution in [0.15, 0.2) is 24.3 Å². The number of nitrogens with zero attached hydrogens (tertiary/aromatic N) is 1. The maximum atomic E-state index is 9.43. The molecule has 1 aliphatic rings. The largest absolute Gasteiger partial charge is 0.508 e. The molecule has 3 heteroatoms. The molecule has 0 radical (unpaired) electrons. The second kappa shape index (κ2) is 5.32. The number of phenolic OH excluding ortho intramolecular Hbond substituents is 1. The van der Waals surface area contributed by atoms with Crippen LogP contribution in [-0.4, -0.2) is 42.9 Å². The molecule has 1 aromatic rings. The van der Waals surface area contributed by atoms with Crippen LogP contribution >= 0.6 is 0 Å². The molecule has 0 aliphatic carbocycles. The van der Waals surface area contributed by atoms with Gasteiger partial charge in [0.05, 0.1) is 13.2 Å². The predicted octanol–water partition coefficient (Wildman–Crippen LogP) is 1.83. The monoisotopic (exact) mass is 221 g/mol. The van der Waals surface area contributed by atoms with Crippen LogP contribution in [0.1, 0.15) is 18.4 Å². The average molecular weight is 221 g/mol. The van der Waals surface area contributed by atoms with Gasteiger partial charge in [-0.05, 0) is 23.6 Å². The lowest BCUT2D eigenvalue weighted by atomic mass is 10.0. The van der Waals surface area contributed by atoms with Gasteiger partial charge < -0.3 is 9.84 Å². The van der Waals surface area contributed by atoms with Crippen LogP contribution in [0.25, 0.3) is 0 Å². The number of hydrogen-bond donors (Lipinski definition) is 1. The van der Waals surface area contributed by atoms with Crippen LogP contribution in [0.4, 0.5) is 0 Å². The quantitative estimate of drug-likeness (QED) is 0.845. The van der Waals surface area contributed by atoms with E-state index in [1.54, 1.807) is 6.07 Å². The van der Waals surface area contributed by atoms with Gasteiger partial charge in [0.1, 0.15) is 5.75 Å². The molecule has 0 bridgehead atoms. The number of phenols is 1. The van der Waals surface area contributed by atoms with Crippen LogP contribution in [0.3, 0.4) is 0 Å². The molecule has 0 saturated carbocycles. The molecule has 1 heterocycles. The van der Waals surface area contributed by atoms with Gasteiger partial charge in [-0.25, -0.2) is 0 Å². The van der Waals surface area contributed by atoms with Crippen molar-refractivity contribution in [3.63, 3.8) is 0 Å². The normalized spacial score (nSPS) is 19.6. The van der Waals surface area contributed by atoms with Gasteiger partial charge in [0.2, 0.25) is 0 Å². The van der Waals surface area contributed by atoms with Gasteiger partial charge in [0.25, 0.3) is 0 Å². The summed E-state index contributed by atoms with van der Waals surface area (Å²) in [6.07, 6.45) is 0. The smallest absolute Gasteiger partial charge is 0.115 e. The Labute approximate surface area is 96.6 Å². The number of aromatic hydroxyl groups is 1. The highest BCUT2D eigenvalue weighted by molar-refractivity contribution is 5.29. The van der Waals surface area contributed by atoms with Crippen molar-refractivity contribution in [2.75, 3.05) is 32.8 Å². The van der Waals surface area contributed by atoms with E-state index in [-0.39, 0.29) is 0 Å². The van der Waals surface area contributed by atoms with Crippen LogP contribution in [0, 0.1) is 0 Å². The molecular weight excluding hydrogens is 202 g/mol. The molecule has 1 unspecified atom stereocenters. The Morgan fingerprint density at radius 3 is 2.81 bits per heavy atom. The molecule has 16 heavy (non-hydrogen) atoms. The first-order valence-electron chi connectivity index (χ1n) is 5.85. The number of hydrogen-bond acceptors (Lipinski definition) is 3. The molecule has 1 aliphatic heterocycles. The number of ether oxygens (including phenoxy) is 1. The van der Waals surface area contributed by atoms with Gasteiger partial charge in [0, 0.05) is 19.6 Å². The standard InChI is InChI=1S/C13H19NO2/c1-11(10-14-5-7-16-8-6-14)12-3-2-4-13(15)9-12/h2-4,9,11,15H,5-8,10H2,1H3. The molecule has 1 saturated heterocycles. The summed E-state index contributed by atoms with van der Waals surface area (Å²) < 4.78 is 5.32. The van der Waals surface area contributed by atoms with Crippen molar-refractivity contribution in [3.8, 4) is 5.75 Å². The third-order valence-corrected chi connectivity index (χ3v) is 3.08. The maximum Gasteiger partial charge on any atom is 0.115 e. The predicted molar refractivity (Wildman–Crippen MR) is 63.8 cm³/mol. The summed E-state index contributed by atoms with van der Waals surface area (Å²) in [6.45, 7) is 6.95. The summed E-state index contributed by atoms with van der Waals surface area (Å²) in [5.74, 6) is 0.802. The summed E-state index contributed by atoms with van der Waals surface area (Å²) in [5.41, 5.74) is 1.20. The molecule has 88 valence electrons. The first-order valence-corrected chi connectivity index (χ1v) is 5.85. The van der Waals surface area contributed by atoms with Gasteiger partial charge in [0.15, 0.2) is 0 Å². The van der Waals surface area contributed by atoms with E-state index in [1.165, 1.54) is 5.56 Å². The average Bonchev–Trinajstić information content (AvgIpc) is 2.30. The molecule has 1 aromatic carbocycles. The lowest BCUT2D eigenvalue weighted by Gasteiger charge is -2.29. The Morgan fingerprint density at radius 2 is 2.12 bits per heavy atom. The van der Waals surface area contributed by atoms with E-state index in [1.807, 2.05) is 12.1 Å². The molecule has 1 atom stereocenters. The van der Waals surface area contributed by atoms with Gasteiger partial charge in [-0.2, -0.15) is 0 Å². The van der Waals surface area contributed by atoms with Crippen LogP contribution in [-0.2, 0) is 4.74 Å². The van der Waals surface area contributed by atoms with E-state index >= 15 is 0 Å². The van der Waals surface area contributed by atoms with E-state index in [0.717, 1.165) is 32.8 Å². The summed E-state index contributed by atoms with van der Waals surface area (Å²) in [5, 5.41) is 9.43. The van der Waals surface area contributed by atoms with E-state index in [4.69, 9.17) is 4.74 Å². The highest BCUT2D eigenvalue weighted by Gasteiger charge is 2.14. The zero-order chi connectivity index (χ0) is 11.4. The van der Waals surface area contributed by atoms with Gasteiger partial charge in [-0.1, -0.05) is 19.1 Å². The van der Waals surface area contributed by atoms with Crippen molar-refractivity contribution in [1.82, 2.24) is 4.90 Å². The summed E-state index contributed by atoms with van der Waals surface area (Å²) in [4.78, 5) is 2.41. The second-order valence-electron chi connectivity index (χ2n) is 4.41. The zero-order valence-corrected chi connectivity index (χ0v) is 9.72.